The fraction of sp³-hybridized carbons (Fsp3) is 0.764. The highest BCUT2D eigenvalue weighted by Gasteiger charge is 2.19. The lowest BCUT2D eigenvalue weighted by Gasteiger charge is -2.18. The van der Waals surface area contributed by atoms with Crippen LogP contribution in [0.15, 0.2) is 85.1 Å². The van der Waals surface area contributed by atoms with Crippen molar-refractivity contribution in [3.8, 4) is 0 Å². The number of hydrogen-bond acceptors (Lipinski definition) is 6. The van der Waals surface area contributed by atoms with Gasteiger partial charge in [-0.05, 0) is 89.9 Å². The second kappa shape index (κ2) is 66.1. The van der Waals surface area contributed by atoms with Gasteiger partial charge in [-0.2, -0.15) is 0 Å². The molecule has 0 aromatic heterocycles. The fourth-order valence-corrected chi connectivity index (χ4v) is 9.61. The lowest BCUT2D eigenvalue weighted by molar-refractivity contribution is -0.167. The summed E-state index contributed by atoms with van der Waals surface area (Å²) in [6.07, 6.45) is 87.5. The third-order valence-corrected chi connectivity index (χ3v) is 14.6. The summed E-state index contributed by atoms with van der Waals surface area (Å²) in [5, 5.41) is 0. The van der Waals surface area contributed by atoms with Gasteiger partial charge in [-0.15, -0.1) is 0 Å². The predicted molar refractivity (Wildman–Crippen MR) is 339 cm³/mol. The lowest BCUT2D eigenvalue weighted by atomic mass is 10.0. The summed E-state index contributed by atoms with van der Waals surface area (Å²) in [7, 11) is 0. The number of hydrogen-bond donors (Lipinski definition) is 0. The summed E-state index contributed by atoms with van der Waals surface area (Å²) < 4.78 is 16.9. The molecule has 0 aromatic rings. The van der Waals surface area contributed by atoms with E-state index in [9.17, 15) is 14.4 Å². The first-order valence-electron chi connectivity index (χ1n) is 33.6. The molecule has 0 amide bonds. The van der Waals surface area contributed by atoms with Crippen molar-refractivity contribution < 1.29 is 28.6 Å². The van der Waals surface area contributed by atoms with Crippen molar-refractivity contribution in [2.75, 3.05) is 13.2 Å². The summed E-state index contributed by atoms with van der Waals surface area (Å²) in [4.78, 5) is 38.3. The maximum Gasteiger partial charge on any atom is 0.306 e. The molecule has 1 atom stereocenters. The highest BCUT2D eigenvalue weighted by atomic mass is 16.6. The predicted octanol–water partition coefficient (Wildman–Crippen LogP) is 23.1. The molecule has 0 fully saturated rings. The molecule has 0 bridgehead atoms. The van der Waals surface area contributed by atoms with Gasteiger partial charge in [0.2, 0.25) is 0 Å². The van der Waals surface area contributed by atoms with E-state index in [-0.39, 0.29) is 31.1 Å². The van der Waals surface area contributed by atoms with Crippen LogP contribution in [0.25, 0.3) is 0 Å². The van der Waals surface area contributed by atoms with Crippen molar-refractivity contribution >= 4 is 17.9 Å². The molecule has 0 heterocycles. The Labute approximate surface area is 484 Å². The Balaban J connectivity index is 4.13. The van der Waals surface area contributed by atoms with Crippen molar-refractivity contribution in [2.45, 2.75) is 341 Å². The van der Waals surface area contributed by atoms with Crippen LogP contribution in [-0.2, 0) is 28.6 Å². The Morgan fingerprint density at radius 2 is 0.513 bits per heavy atom. The molecule has 0 radical (unpaired) electrons. The van der Waals surface area contributed by atoms with Gasteiger partial charge in [-0.1, -0.05) is 311 Å². The SMILES string of the molecule is CC/C=C\C/C=C\C/C=C\C/C=C\C/C=C\CCCCCCCCCCCCCCCCCCCC(=O)OCC(COC(=O)CCCCCCCCCCCCCCC)OC(=O)CCCCCCC/C=C\C/C=C\CCCC. The van der Waals surface area contributed by atoms with E-state index in [1.165, 1.54) is 180 Å². The third kappa shape index (κ3) is 63.4. The molecule has 0 aliphatic carbocycles. The quantitative estimate of drug-likeness (QED) is 0.0261. The lowest BCUT2D eigenvalue weighted by Crippen LogP contribution is -2.30. The highest BCUT2D eigenvalue weighted by Crippen LogP contribution is 2.17. The minimum Gasteiger partial charge on any atom is -0.462 e. The molecular formula is C72H126O6. The van der Waals surface area contributed by atoms with Crippen molar-refractivity contribution in [1.29, 1.82) is 0 Å². The minimum atomic E-state index is -0.780. The first-order valence-corrected chi connectivity index (χ1v) is 33.6. The molecule has 0 saturated heterocycles. The molecule has 6 nitrogen and oxygen atoms in total. The third-order valence-electron chi connectivity index (χ3n) is 14.6. The number of ether oxygens (including phenoxy) is 3. The van der Waals surface area contributed by atoms with Gasteiger partial charge in [0.1, 0.15) is 13.2 Å². The van der Waals surface area contributed by atoms with E-state index in [4.69, 9.17) is 14.2 Å². The Morgan fingerprint density at radius 1 is 0.269 bits per heavy atom. The van der Waals surface area contributed by atoms with Crippen molar-refractivity contribution in [3.05, 3.63) is 85.1 Å². The second-order valence-corrected chi connectivity index (χ2v) is 22.4. The molecule has 1 unspecified atom stereocenters. The van der Waals surface area contributed by atoms with Gasteiger partial charge in [0.25, 0.3) is 0 Å². The maximum atomic E-state index is 12.9. The van der Waals surface area contributed by atoms with Gasteiger partial charge < -0.3 is 14.2 Å². The zero-order valence-corrected chi connectivity index (χ0v) is 51.7. The van der Waals surface area contributed by atoms with Gasteiger partial charge in [0, 0.05) is 19.3 Å². The minimum absolute atomic E-state index is 0.0767. The van der Waals surface area contributed by atoms with Crippen LogP contribution < -0.4 is 0 Å². The molecule has 0 N–H and O–H groups in total. The van der Waals surface area contributed by atoms with Crippen LogP contribution in [-0.4, -0.2) is 37.2 Å². The molecule has 0 spiro atoms. The van der Waals surface area contributed by atoms with Crippen LogP contribution in [0, 0.1) is 0 Å². The second-order valence-electron chi connectivity index (χ2n) is 22.4. The van der Waals surface area contributed by atoms with E-state index in [2.05, 4.69) is 106 Å². The molecule has 450 valence electrons. The van der Waals surface area contributed by atoms with Crippen molar-refractivity contribution in [2.24, 2.45) is 0 Å². The molecule has 0 aromatic carbocycles. The van der Waals surface area contributed by atoms with E-state index in [0.29, 0.717) is 19.3 Å². The number of rotatable bonds is 61. The molecular weight excluding hydrogens is 961 g/mol. The summed E-state index contributed by atoms with van der Waals surface area (Å²) in [5.74, 6) is -0.875. The number of allylic oxidation sites excluding steroid dienone is 14. The zero-order chi connectivity index (χ0) is 56.4. The molecule has 6 heteroatoms. The number of esters is 3. The van der Waals surface area contributed by atoms with Crippen LogP contribution >= 0.6 is 0 Å². The van der Waals surface area contributed by atoms with Gasteiger partial charge in [-0.25, -0.2) is 0 Å². The van der Waals surface area contributed by atoms with E-state index in [1.807, 2.05) is 0 Å². The average Bonchev–Trinajstić information content (AvgIpc) is 3.44. The van der Waals surface area contributed by atoms with E-state index in [1.54, 1.807) is 0 Å². The van der Waals surface area contributed by atoms with Crippen LogP contribution in [0.2, 0.25) is 0 Å². The summed E-state index contributed by atoms with van der Waals surface area (Å²) in [5.41, 5.74) is 0. The van der Waals surface area contributed by atoms with Gasteiger partial charge in [0.15, 0.2) is 6.10 Å². The van der Waals surface area contributed by atoms with Crippen molar-refractivity contribution in [3.63, 3.8) is 0 Å². The smallest absolute Gasteiger partial charge is 0.306 e. The van der Waals surface area contributed by atoms with E-state index < -0.39 is 6.10 Å². The molecule has 0 aliphatic rings. The first-order chi connectivity index (χ1) is 38.5. The van der Waals surface area contributed by atoms with E-state index >= 15 is 0 Å². The fourth-order valence-electron chi connectivity index (χ4n) is 9.61. The number of carbonyl (C=O) groups excluding carboxylic acids is 3. The number of carbonyl (C=O) groups is 3. The molecule has 0 aliphatic heterocycles. The average molecular weight is 1090 g/mol. The topological polar surface area (TPSA) is 78.9 Å². The highest BCUT2D eigenvalue weighted by molar-refractivity contribution is 5.71. The van der Waals surface area contributed by atoms with Gasteiger partial charge in [0.05, 0.1) is 0 Å². The van der Waals surface area contributed by atoms with Crippen LogP contribution in [0.4, 0.5) is 0 Å². The Morgan fingerprint density at radius 3 is 0.821 bits per heavy atom. The van der Waals surface area contributed by atoms with Crippen LogP contribution in [0.5, 0.6) is 0 Å². The number of unbranched alkanes of at least 4 members (excludes halogenated alkanes) is 36. The van der Waals surface area contributed by atoms with Crippen molar-refractivity contribution in [1.82, 2.24) is 0 Å². The van der Waals surface area contributed by atoms with Crippen LogP contribution in [0.1, 0.15) is 335 Å². The first kappa shape index (κ1) is 74.6. The van der Waals surface area contributed by atoms with Gasteiger partial charge in [-0.3, -0.25) is 14.4 Å². The Hall–Kier alpha value is -3.41. The normalized spacial score (nSPS) is 12.6. The summed E-state index contributed by atoms with van der Waals surface area (Å²) in [6.45, 7) is 6.51. The Bertz CT molecular complexity index is 1480. The summed E-state index contributed by atoms with van der Waals surface area (Å²) in [6, 6.07) is 0. The molecule has 0 saturated carbocycles. The summed E-state index contributed by atoms with van der Waals surface area (Å²) >= 11 is 0. The Kier molecular flexibility index (Phi) is 63.2. The van der Waals surface area contributed by atoms with Gasteiger partial charge >= 0.3 is 17.9 Å². The molecule has 0 rings (SSSR count). The standard InChI is InChI=1S/C72H126O6/c1-4-7-10-13-16-19-22-25-27-28-29-30-31-32-33-34-35-36-37-38-39-40-41-42-43-44-45-48-50-53-56-59-62-65-71(74)77-68-69(67-76-70(73)64-61-58-55-52-49-46-24-21-18-15-12-9-6-3)78-72(75)66-63-60-57-54-51-47-26-23-20-17-14-11-8-5-2/h7,10,14,16-17,19,23,25-27,29-30,32-33,69H,4-6,8-9,11-13,15,18,20-22,24,28,31,34-68H2,1-3H3/b10-7-,17-14-,19-16-,26-23-,27-25-,30-29-,33-32-. The van der Waals surface area contributed by atoms with Crippen LogP contribution in [0.3, 0.4) is 0 Å². The maximum absolute atomic E-state index is 12.9. The van der Waals surface area contributed by atoms with E-state index in [0.717, 1.165) is 116 Å². The molecule has 78 heavy (non-hydrogen) atoms. The zero-order valence-electron chi connectivity index (χ0n) is 51.7. The monoisotopic (exact) mass is 1090 g/mol. The largest absolute Gasteiger partial charge is 0.462 e.